The van der Waals surface area contributed by atoms with Crippen LogP contribution in [0.1, 0.15) is 27.0 Å². The van der Waals surface area contributed by atoms with Crippen LogP contribution in [0.25, 0.3) is 0 Å². The van der Waals surface area contributed by atoms with Gasteiger partial charge < -0.3 is 14.5 Å². The molecule has 0 unspecified atom stereocenters. The van der Waals surface area contributed by atoms with Gasteiger partial charge in [0.15, 0.2) is 5.16 Å². The Morgan fingerprint density at radius 2 is 1.54 bits per heavy atom. The maximum Gasteiger partial charge on any atom is 0.254 e. The summed E-state index contributed by atoms with van der Waals surface area (Å²) in [5.74, 6) is 1.53. The van der Waals surface area contributed by atoms with Gasteiger partial charge >= 0.3 is 0 Å². The van der Waals surface area contributed by atoms with Crippen LogP contribution in [0.4, 0.5) is 5.82 Å². The van der Waals surface area contributed by atoms with Crippen LogP contribution in [0, 0.1) is 0 Å². The minimum absolute atomic E-state index is 0.0503. The number of nitrogens with zero attached hydrogens (tertiary/aromatic N) is 4. The van der Waals surface area contributed by atoms with Crippen molar-refractivity contribution in [2.24, 2.45) is 0 Å². The summed E-state index contributed by atoms with van der Waals surface area (Å²) in [7, 11) is 0. The number of carbonyl (C=O) groups excluding carboxylic acids is 1. The van der Waals surface area contributed by atoms with Crippen molar-refractivity contribution in [3.8, 4) is 0 Å². The smallest absolute Gasteiger partial charge is 0.254 e. The van der Waals surface area contributed by atoms with Crippen molar-refractivity contribution in [1.82, 2.24) is 14.9 Å². The lowest BCUT2D eigenvalue weighted by molar-refractivity contribution is 0.0303. The average molecular weight is 559 g/mol. The van der Waals surface area contributed by atoms with E-state index in [0.717, 1.165) is 30.9 Å². The third-order valence-corrected chi connectivity index (χ3v) is 7.69. The largest absolute Gasteiger partial charge is 0.378 e. The third-order valence-electron chi connectivity index (χ3n) is 6.58. The van der Waals surface area contributed by atoms with Crippen LogP contribution in [0.15, 0.2) is 96.2 Å². The Hall–Kier alpha value is -3.39. The number of anilines is 1. The topological polar surface area (TPSA) is 58.6 Å². The summed E-state index contributed by atoms with van der Waals surface area (Å²) in [6.07, 6.45) is 0.896. The molecule has 6 nitrogen and oxygen atoms in total. The lowest BCUT2D eigenvalue weighted by Gasteiger charge is -2.26. The van der Waals surface area contributed by atoms with Gasteiger partial charge in [-0.2, -0.15) is 0 Å². The number of morpholine rings is 1. The van der Waals surface area contributed by atoms with Crippen LogP contribution in [-0.4, -0.2) is 53.6 Å². The van der Waals surface area contributed by atoms with E-state index in [9.17, 15) is 4.79 Å². The highest BCUT2D eigenvalue weighted by Gasteiger charge is 2.18. The van der Waals surface area contributed by atoms with Crippen molar-refractivity contribution in [3.63, 3.8) is 0 Å². The molecule has 8 heteroatoms. The molecule has 1 amide bonds. The zero-order valence-corrected chi connectivity index (χ0v) is 23.3. The monoisotopic (exact) mass is 558 g/mol. The predicted molar refractivity (Wildman–Crippen MR) is 157 cm³/mol. The van der Waals surface area contributed by atoms with Gasteiger partial charge in [-0.3, -0.25) is 4.79 Å². The molecular formula is C31H31ClN4O2S. The molecule has 0 N–H and O–H groups in total. The molecule has 0 bridgehead atoms. The molecule has 200 valence electrons. The quantitative estimate of drug-likeness (QED) is 0.132. The number of amides is 1. The molecule has 0 aliphatic carbocycles. The van der Waals surface area contributed by atoms with Gasteiger partial charge in [-0.25, -0.2) is 9.97 Å². The SMILES string of the molecule is O=C(c1ccc(CSc2nc(Cl)cc(N(CCc3ccccc3)Cc3ccccc3)n2)cc1)N1CCOCC1. The number of hydrogen-bond donors (Lipinski definition) is 0. The van der Waals surface area contributed by atoms with Gasteiger partial charge in [0.05, 0.1) is 13.2 Å². The highest BCUT2D eigenvalue weighted by molar-refractivity contribution is 7.98. The second kappa shape index (κ2) is 13.6. The van der Waals surface area contributed by atoms with Crippen molar-refractivity contribution >= 4 is 35.1 Å². The Bertz CT molecular complexity index is 1350. The summed E-state index contributed by atoms with van der Waals surface area (Å²) >= 11 is 8.02. The maximum absolute atomic E-state index is 12.7. The lowest BCUT2D eigenvalue weighted by atomic mass is 10.1. The lowest BCUT2D eigenvalue weighted by Crippen LogP contribution is -2.40. The second-order valence-electron chi connectivity index (χ2n) is 9.36. The fraction of sp³-hybridized carbons (Fsp3) is 0.258. The van der Waals surface area contributed by atoms with Crippen molar-refractivity contribution in [2.45, 2.75) is 23.9 Å². The molecule has 0 spiro atoms. The minimum atomic E-state index is 0.0503. The van der Waals surface area contributed by atoms with Gasteiger partial charge in [-0.1, -0.05) is 96.2 Å². The first-order valence-electron chi connectivity index (χ1n) is 13.1. The number of halogens is 1. The first-order chi connectivity index (χ1) is 19.1. The molecule has 1 aliphatic rings. The fourth-order valence-corrected chi connectivity index (χ4v) is 5.48. The van der Waals surface area contributed by atoms with Gasteiger partial charge in [0.25, 0.3) is 5.91 Å². The van der Waals surface area contributed by atoms with E-state index in [1.807, 2.05) is 47.4 Å². The molecule has 1 aliphatic heterocycles. The van der Waals surface area contributed by atoms with E-state index in [4.69, 9.17) is 21.3 Å². The normalized spacial score (nSPS) is 13.3. The highest BCUT2D eigenvalue weighted by atomic mass is 35.5. The molecule has 1 saturated heterocycles. The number of thioether (sulfide) groups is 1. The molecule has 1 fully saturated rings. The van der Waals surface area contributed by atoms with E-state index in [-0.39, 0.29) is 5.91 Å². The summed E-state index contributed by atoms with van der Waals surface area (Å²) in [6.45, 7) is 3.99. The second-order valence-corrected chi connectivity index (χ2v) is 10.7. The highest BCUT2D eigenvalue weighted by Crippen LogP contribution is 2.26. The van der Waals surface area contributed by atoms with Crippen LogP contribution >= 0.6 is 23.4 Å². The maximum atomic E-state index is 12.7. The van der Waals surface area contributed by atoms with Gasteiger partial charge in [0.1, 0.15) is 11.0 Å². The molecule has 0 saturated carbocycles. The Kier molecular flexibility index (Phi) is 9.48. The number of benzene rings is 3. The molecule has 4 aromatic rings. The summed E-state index contributed by atoms with van der Waals surface area (Å²) < 4.78 is 5.35. The molecule has 2 heterocycles. The zero-order chi connectivity index (χ0) is 26.9. The van der Waals surface area contributed by atoms with Crippen LogP contribution in [0.5, 0.6) is 0 Å². The first-order valence-corrected chi connectivity index (χ1v) is 14.5. The van der Waals surface area contributed by atoms with Crippen LogP contribution in [-0.2, 0) is 23.5 Å². The fourth-order valence-electron chi connectivity index (χ4n) is 4.44. The summed E-state index contributed by atoms with van der Waals surface area (Å²) in [6, 6.07) is 30.5. The molecule has 1 aromatic heterocycles. The van der Waals surface area contributed by atoms with Gasteiger partial charge in [0.2, 0.25) is 0 Å². The Morgan fingerprint density at radius 3 is 2.23 bits per heavy atom. The van der Waals surface area contributed by atoms with E-state index in [2.05, 4.69) is 58.4 Å². The van der Waals surface area contributed by atoms with E-state index in [1.54, 1.807) is 0 Å². The van der Waals surface area contributed by atoms with Crippen molar-refractivity contribution in [2.75, 3.05) is 37.7 Å². The van der Waals surface area contributed by atoms with E-state index >= 15 is 0 Å². The minimum Gasteiger partial charge on any atom is -0.378 e. The molecule has 3 aromatic carbocycles. The predicted octanol–water partition coefficient (Wildman–Crippen LogP) is 6.14. The Morgan fingerprint density at radius 1 is 0.872 bits per heavy atom. The van der Waals surface area contributed by atoms with Gasteiger partial charge in [-0.05, 0) is 35.2 Å². The molecule has 0 atom stereocenters. The van der Waals surface area contributed by atoms with Crippen LogP contribution in [0.2, 0.25) is 5.15 Å². The van der Waals surface area contributed by atoms with Gasteiger partial charge in [0, 0.05) is 43.6 Å². The standard InChI is InChI=1S/C31H31ClN4O2S/c32-28-21-29(36(22-25-9-5-2-6-10-25)16-15-24-7-3-1-4-8-24)34-31(33-28)39-23-26-11-13-27(14-12-26)30(37)35-17-19-38-20-18-35/h1-14,21H,15-20,22-23H2. The number of ether oxygens (including phenoxy) is 1. The molecule has 0 radical (unpaired) electrons. The van der Waals surface area contributed by atoms with E-state index < -0.39 is 0 Å². The van der Waals surface area contributed by atoms with E-state index in [0.29, 0.717) is 47.9 Å². The van der Waals surface area contributed by atoms with Crippen molar-refractivity contribution < 1.29 is 9.53 Å². The van der Waals surface area contributed by atoms with Gasteiger partial charge in [-0.15, -0.1) is 0 Å². The van der Waals surface area contributed by atoms with Crippen LogP contribution < -0.4 is 4.90 Å². The van der Waals surface area contributed by atoms with Crippen LogP contribution in [0.3, 0.4) is 0 Å². The van der Waals surface area contributed by atoms with Crippen molar-refractivity contribution in [3.05, 3.63) is 118 Å². The average Bonchev–Trinajstić information content (AvgIpc) is 2.99. The Labute approximate surface area is 239 Å². The number of hydrogen-bond acceptors (Lipinski definition) is 6. The molecular weight excluding hydrogens is 528 g/mol. The van der Waals surface area contributed by atoms with Crippen molar-refractivity contribution in [1.29, 1.82) is 0 Å². The first kappa shape index (κ1) is 27.2. The molecule has 5 rings (SSSR count). The summed E-state index contributed by atoms with van der Waals surface area (Å²) in [4.78, 5) is 26.2. The Balaban J connectivity index is 1.27. The summed E-state index contributed by atoms with van der Waals surface area (Å²) in [5, 5.41) is 1.05. The van der Waals surface area contributed by atoms with E-state index in [1.165, 1.54) is 22.9 Å². The number of carbonyl (C=O) groups is 1. The zero-order valence-electron chi connectivity index (χ0n) is 21.7. The number of rotatable bonds is 10. The third kappa shape index (κ3) is 7.82. The summed E-state index contributed by atoms with van der Waals surface area (Å²) in [5.41, 5.74) is 4.28. The molecule has 39 heavy (non-hydrogen) atoms. The number of aromatic nitrogens is 2.